The number of hydrogen-bond donors (Lipinski definition) is 2. The number of aliphatic hydroxyl groups is 1. The number of aliphatic hydroxyl groups excluding tert-OH is 1. The molecule has 1 rings (SSSR count). The molecule has 0 aliphatic carbocycles. The van der Waals surface area contributed by atoms with Crippen LogP contribution in [0.2, 0.25) is 0 Å². The van der Waals surface area contributed by atoms with Gasteiger partial charge >= 0.3 is 0 Å². The fraction of sp³-hybridized carbons (Fsp3) is 0.364. The molecule has 1 unspecified atom stereocenters. The van der Waals surface area contributed by atoms with E-state index in [1.165, 1.54) is 0 Å². The van der Waals surface area contributed by atoms with Gasteiger partial charge in [-0.25, -0.2) is 0 Å². The lowest BCUT2D eigenvalue weighted by atomic mass is 10.1. The van der Waals surface area contributed by atoms with Crippen LogP contribution in [-0.2, 0) is 0 Å². The van der Waals surface area contributed by atoms with Crippen LogP contribution >= 0.6 is 0 Å². The van der Waals surface area contributed by atoms with E-state index in [0.717, 1.165) is 18.5 Å². The van der Waals surface area contributed by atoms with Gasteiger partial charge in [-0.1, -0.05) is 19.9 Å². The highest BCUT2D eigenvalue weighted by atomic mass is 16.3. The molecule has 0 saturated carbocycles. The zero-order valence-corrected chi connectivity index (χ0v) is 8.40. The van der Waals surface area contributed by atoms with Crippen molar-refractivity contribution < 1.29 is 5.11 Å². The molecule has 0 fully saturated rings. The van der Waals surface area contributed by atoms with Crippen LogP contribution in [0.25, 0.3) is 5.76 Å². The number of aromatic nitrogens is 1. The number of pyridine rings is 1. The predicted molar refractivity (Wildman–Crippen MR) is 57.7 cm³/mol. The first kappa shape index (κ1) is 10.7. The van der Waals surface area contributed by atoms with Crippen LogP contribution in [0.1, 0.15) is 37.1 Å². The van der Waals surface area contributed by atoms with Crippen LogP contribution in [-0.4, -0.2) is 10.1 Å². The lowest BCUT2D eigenvalue weighted by molar-refractivity contribution is 0.513. The van der Waals surface area contributed by atoms with Crippen molar-refractivity contribution in [3.05, 3.63) is 36.2 Å². The smallest absolute Gasteiger partial charge is 0.115 e. The van der Waals surface area contributed by atoms with Gasteiger partial charge in [0.15, 0.2) is 0 Å². The van der Waals surface area contributed by atoms with Gasteiger partial charge in [0.25, 0.3) is 0 Å². The molecule has 0 aliphatic heterocycles. The Balaban J connectivity index is 2.87. The number of nitrogens with two attached hydrogens (primary N) is 1. The van der Waals surface area contributed by atoms with Crippen molar-refractivity contribution in [3.63, 3.8) is 0 Å². The van der Waals surface area contributed by atoms with Crippen molar-refractivity contribution in [1.29, 1.82) is 0 Å². The molecule has 0 aliphatic rings. The molecule has 0 amide bonds. The van der Waals surface area contributed by atoms with Crippen LogP contribution < -0.4 is 5.73 Å². The molecule has 1 aromatic rings. The Morgan fingerprint density at radius 1 is 1.71 bits per heavy atom. The van der Waals surface area contributed by atoms with Crippen LogP contribution in [0.3, 0.4) is 0 Å². The maximum absolute atomic E-state index is 9.20. The van der Waals surface area contributed by atoms with Crippen LogP contribution in [0.15, 0.2) is 24.9 Å². The summed E-state index contributed by atoms with van der Waals surface area (Å²) in [6.45, 7) is 5.54. The molecule has 1 aromatic heterocycles. The van der Waals surface area contributed by atoms with Crippen LogP contribution in [0.4, 0.5) is 0 Å². The van der Waals surface area contributed by atoms with Crippen molar-refractivity contribution in [2.24, 2.45) is 5.73 Å². The van der Waals surface area contributed by atoms with E-state index in [1.54, 1.807) is 18.3 Å². The molecule has 0 radical (unpaired) electrons. The molecule has 1 atom stereocenters. The zero-order chi connectivity index (χ0) is 10.6. The molecular formula is C11H16N2O. The van der Waals surface area contributed by atoms with Gasteiger partial charge < -0.3 is 10.8 Å². The minimum Gasteiger partial charge on any atom is -0.508 e. The first-order chi connectivity index (χ1) is 6.65. The lowest BCUT2D eigenvalue weighted by Gasteiger charge is -2.10. The third kappa shape index (κ3) is 2.57. The normalized spacial score (nSPS) is 12.4. The molecule has 3 nitrogen and oxygen atoms in total. The summed E-state index contributed by atoms with van der Waals surface area (Å²) in [6.07, 6.45) is 3.56. The van der Waals surface area contributed by atoms with Crippen molar-refractivity contribution in [1.82, 2.24) is 4.98 Å². The molecule has 14 heavy (non-hydrogen) atoms. The largest absolute Gasteiger partial charge is 0.508 e. The van der Waals surface area contributed by atoms with Crippen molar-refractivity contribution >= 4 is 5.76 Å². The Kier molecular flexibility index (Phi) is 3.65. The minimum absolute atomic E-state index is 0.0531. The number of rotatable bonds is 4. The van der Waals surface area contributed by atoms with E-state index in [-0.39, 0.29) is 11.8 Å². The molecular weight excluding hydrogens is 176 g/mol. The number of nitrogens with zero attached hydrogens (tertiary/aromatic N) is 1. The van der Waals surface area contributed by atoms with E-state index in [2.05, 4.69) is 18.5 Å². The van der Waals surface area contributed by atoms with Gasteiger partial charge in [-0.3, -0.25) is 4.98 Å². The van der Waals surface area contributed by atoms with Crippen molar-refractivity contribution in [2.45, 2.75) is 25.8 Å². The van der Waals surface area contributed by atoms with Crippen LogP contribution in [0.5, 0.6) is 0 Å². The van der Waals surface area contributed by atoms with E-state index >= 15 is 0 Å². The summed E-state index contributed by atoms with van der Waals surface area (Å²) in [5.74, 6) is 0.0531. The summed E-state index contributed by atoms with van der Waals surface area (Å²) in [7, 11) is 0. The summed E-state index contributed by atoms with van der Waals surface area (Å²) in [6, 6.07) is 3.44. The van der Waals surface area contributed by atoms with E-state index in [4.69, 9.17) is 5.73 Å². The summed E-state index contributed by atoms with van der Waals surface area (Å²) in [5.41, 5.74) is 7.39. The van der Waals surface area contributed by atoms with Gasteiger partial charge in [0, 0.05) is 17.8 Å². The molecule has 0 saturated heterocycles. The molecule has 0 bridgehead atoms. The first-order valence-corrected chi connectivity index (χ1v) is 4.75. The number of hydrogen-bond acceptors (Lipinski definition) is 3. The maximum Gasteiger partial charge on any atom is 0.115 e. The van der Waals surface area contributed by atoms with Gasteiger partial charge in [-0.2, -0.15) is 0 Å². The Labute approximate surface area is 84.3 Å². The Morgan fingerprint density at radius 2 is 2.43 bits per heavy atom. The summed E-state index contributed by atoms with van der Waals surface area (Å²) >= 11 is 0. The molecule has 76 valence electrons. The first-order valence-electron chi connectivity index (χ1n) is 4.75. The highest BCUT2D eigenvalue weighted by Crippen LogP contribution is 2.16. The summed E-state index contributed by atoms with van der Waals surface area (Å²) in [4.78, 5) is 4.16. The topological polar surface area (TPSA) is 59.1 Å². The average Bonchev–Trinajstić information content (AvgIpc) is 2.18. The van der Waals surface area contributed by atoms with Crippen molar-refractivity contribution in [3.8, 4) is 0 Å². The SMILES string of the molecule is C=C(O)c1ccnc(C(N)CCC)c1. The molecule has 1 heterocycles. The van der Waals surface area contributed by atoms with E-state index in [9.17, 15) is 5.11 Å². The lowest BCUT2D eigenvalue weighted by Crippen LogP contribution is -2.11. The quantitative estimate of drug-likeness (QED) is 0.720. The van der Waals surface area contributed by atoms with E-state index < -0.39 is 0 Å². The highest BCUT2D eigenvalue weighted by molar-refractivity contribution is 5.55. The average molecular weight is 192 g/mol. The Morgan fingerprint density at radius 3 is 3.00 bits per heavy atom. The predicted octanol–water partition coefficient (Wildman–Crippen LogP) is 2.41. The Bertz CT molecular complexity index is 323. The van der Waals surface area contributed by atoms with E-state index in [0.29, 0.717) is 5.56 Å². The third-order valence-electron chi connectivity index (χ3n) is 2.09. The molecule has 0 aromatic carbocycles. The second kappa shape index (κ2) is 4.77. The van der Waals surface area contributed by atoms with Gasteiger partial charge in [0.2, 0.25) is 0 Å². The summed E-state index contributed by atoms with van der Waals surface area (Å²) < 4.78 is 0. The van der Waals surface area contributed by atoms with Crippen molar-refractivity contribution in [2.75, 3.05) is 0 Å². The second-order valence-electron chi connectivity index (χ2n) is 3.31. The molecule has 0 spiro atoms. The van der Waals surface area contributed by atoms with Gasteiger partial charge in [-0.05, 0) is 18.6 Å². The summed E-state index contributed by atoms with van der Waals surface area (Å²) in [5, 5.41) is 9.20. The van der Waals surface area contributed by atoms with Crippen LogP contribution in [0, 0.1) is 0 Å². The second-order valence-corrected chi connectivity index (χ2v) is 3.31. The standard InChI is InChI=1S/C11H16N2O/c1-3-4-10(12)11-7-9(8(2)14)5-6-13-11/h5-7,10,14H,2-4,12H2,1H3. The molecule has 3 N–H and O–H groups in total. The van der Waals surface area contributed by atoms with Gasteiger partial charge in [0.1, 0.15) is 5.76 Å². The monoisotopic (exact) mass is 192 g/mol. The van der Waals surface area contributed by atoms with Gasteiger partial charge in [0.05, 0.1) is 5.69 Å². The minimum atomic E-state index is -0.0562. The fourth-order valence-corrected chi connectivity index (χ4v) is 1.29. The molecule has 3 heteroatoms. The Hall–Kier alpha value is -1.35. The fourth-order valence-electron chi connectivity index (χ4n) is 1.29. The maximum atomic E-state index is 9.20. The van der Waals surface area contributed by atoms with E-state index in [1.807, 2.05) is 0 Å². The third-order valence-corrected chi connectivity index (χ3v) is 2.09. The highest BCUT2D eigenvalue weighted by Gasteiger charge is 2.07. The van der Waals surface area contributed by atoms with Gasteiger partial charge in [-0.15, -0.1) is 0 Å². The zero-order valence-electron chi connectivity index (χ0n) is 8.40.